The first-order valence-corrected chi connectivity index (χ1v) is 4.32. The fourth-order valence-electron chi connectivity index (χ4n) is 1.78. The van der Waals surface area contributed by atoms with Gasteiger partial charge in [0.05, 0.1) is 0 Å². The van der Waals surface area contributed by atoms with E-state index >= 15 is 0 Å². The summed E-state index contributed by atoms with van der Waals surface area (Å²) in [5.41, 5.74) is -0.125. The van der Waals surface area contributed by atoms with Crippen LogP contribution in [0.4, 0.5) is 0 Å². The van der Waals surface area contributed by atoms with Crippen molar-refractivity contribution in [1.82, 2.24) is 0 Å². The summed E-state index contributed by atoms with van der Waals surface area (Å²) >= 11 is 5.90. The fraction of sp³-hybridized carbons (Fsp3) is 0.875. The zero-order valence-corrected chi connectivity index (χ0v) is 7.61. The number of carboxylic acid groups (broad SMARTS) is 1. The summed E-state index contributed by atoms with van der Waals surface area (Å²) < 4.78 is 0. The maximum Gasteiger partial charge on any atom is 0.325 e. The van der Waals surface area contributed by atoms with E-state index in [1.807, 2.05) is 13.8 Å². The van der Waals surface area contributed by atoms with Gasteiger partial charge >= 0.3 is 5.97 Å². The van der Waals surface area contributed by atoms with Crippen molar-refractivity contribution in [1.29, 1.82) is 0 Å². The lowest BCUT2D eigenvalue weighted by atomic mass is 9.97. The molecule has 1 unspecified atom stereocenters. The van der Waals surface area contributed by atoms with Gasteiger partial charge in [0.15, 0.2) is 0 Å². The van der Waals surface area contributed by atoms with Crippen LogP contribution >= 0.6 is 11.6 Å². The molecule has 64 valence electrons. The van der Waals surface area contributed by atoms with Gasteiger partial charge in [0, 0.05) is 5.41 Å². The van der Waals surface area contributed by atoms with Gasteiger partial charge in [-0.3, -0.25) is 4.79 Å². The third-order valence-corrected chi connectivity index (χ3v) is 3.69. The minimum Gasteiger partial charge on any atom is -0.480 e. The summed E-state index contributed by atoms with van der Waals surface area (Å²) in [4.78, 5) is 9.74. The Morgan fingerprint density at radius 2 is 2.00 bits per heavy atom. The molecule has 0 amide bonds. The van der Waals surface area contributed by atoms with Crippen LogP contribution in [0.2, 0.25) is 0 Å². The van der Waals surface area contributed by atoms with Crippen molar-refractivity contribution >= 4 is 17.6 Å². The average Bonchev–Trinajstić information content (AvgIpc) is 2.59. The van der Waals surface area contributed by atoms with Crippen LogP contribution in [0.15, 0.2) is 0 Å². The summed E-state index contributed by atoms with van der Waals surface area (Å²) in [6.45, 7) is 3.99. The lowest BCUT2D eigenvalue weighted by molar-refractivity contribution is -0.138. The Bertz CT molecular complexity index is 187. The van der Waals surface area contributed by atoms with Crippen LogP contribution in [0.3, 0.4) is 0 Å². The molecule has 0 aromatic rings. The molecular weight excluding hydrogens is 164 g/mol. The van der Waals surface area contributed by atoms with Crippen LogP contribution in [-0.2, 0) is 4.79 Å². The molecule has 0 radical (unpaired) electrons. The van der Waals surface area contributed by atoms with Gasteiger partial charge in [-0.25, -0.2) is 0 Å². The van der Waals surface area contributed by atoms with Crippen LogP contribution in [0.5, 0.6) is 0 Å². The Balaban J connectivity index is 2.76. The Kier molecular flexibility index (Phi) is 1.91. The topological polar surface area (TPSA) is 37.3 Å². The molecule has 0 aromatic carbocycles. The first-order valence-electron chi connectivity index (χ1n) is 3.95. The van der Waals surface area contributed by atoms with Crippen molar-refractivity contribution in [3.63, 3.8) is 0 Å². The first kappa shape index (κ1) is 8.85. The Morgan fingerprint density at radius 3 is 2.09 bits per heavy atom. The third-order valence-electron chi connectivity index (χ3n) is 2.99. The van der Waals surface area contributed by atoms with Gasteiger partial charge in [-0.15, -0.1) is 11.6 Å². The SMILES string of the molecule is CCC1(CC)CC1(Cl)C(=O)O. The molecule has 1 fully saturated rings. The van der Waals surface area contributed by atoms with E-state index in [0.29, 0.717) is 6.42 Å². The Morgan fingerprint density at radius 1 is 1.55 bits per heavy atom. The quantitative estimate of drug-likeness (QED) is 0.670. The van der Waals surface area contributed by atoms with Crippen molar-refractivity contribution in [3.8, 4) is 0 Å². The molecule has 0 bridgehead atoms. The Hall–Kier alpha value is -0.240. The molecule has 0 aromatic heterocycles. The van der Waals surface area contributed by atoms with Crippen LogP contribution in [0, 0.1) is 5.41 Å². The van der Waals surface area contributed by atoms with E-state index in [0.717, 1.165) is 12.8 Å². The molecule has 0 spiro atoms. The van der Waals surface area contributed by atoms with Gasteiger partial charge < -0.3 is 5.11 Å². The largest absolute Gasteiger partial charge is 0.480 e. The van der Waals surface area contributed by atoms with E-state index < -0.39 is 10.8 Å². The monoisotopic (exact) mass is 176 g/mol. The van der Waals surface area contributed by atoms with Crippen molar-refractivity contribution in [2.24, 2.45) is 5.41 Å². The van der Waals surface area contributed by atoms with Gasteiger partial charge in [0.25, 0.3) is 0 Å². The summed E-state index contributed by atoms with van der Waals surface area (Å²) in [7, 11) is 0. The number of rotatable bonds is 3. The highest BCUT2D eigenvalue weighted by Crippen LogP contribution is 2.65. The third kappa shape index (κ3) is 0.959. The molecule has 1 N–H and O–H groups in total. The van der Waals surface area contributed by atoms with Crippen LogP contribution < -0.4 is 0 Å². The van der Waals surface area contributed by atoms with Crippen LogP contribution in [0.1, 0.15) is 33.1 Å². The van der Waals surface area contributed by atoms with Gasteiger partial charge in [-0.05, 0) is 19.3 Å². The fourth-order valence-corrected chi connectivity index (χ4v) is 2.31. The van der Waals surface area contributed by atoms with Crippen LogP contribution in [0.25, 0.3) is 0 Å². The zero-order valence-electron chi connectivity index (χ0n) is 6.85. The second-order valence-electron chi connectivity index (χ2n) is 3.27. The standard InChI is InChI=1S/C8H13ClO2/c1-3-7(4-2)5-8(7,9)6(10)11/h3-5H2,1-2H3,(H,10,11). The molecule has 3 heteroatoms. The van der Waals surface area contributed by atoms with Crippen LogP contribution in [-0.4, -0.2) is 16.0 Å². The van der Waals surface area contributed by atoms with Gasteiger partial charge in [-0.1, -0.05) is 13.8 Å². The van der Waals surface area contributed by atoms with E-state index in [2.05, 4.69) is 0 Å². The molecule has 0 aliphatic heterocycles. The summed E-state index contributed by atoms with van der Waals surface area (Å²) in [5, 5.41) is 8.78. The zero-order chi connectivity index (χ0) is 8.70. The van der Waals surface area contributed by atoms with E-state index in [1.54, 1.807) is 0 Å². The number of hydrogen-bond donors (Lipinski definition) is 1. The second-order valence-corrected chi connectivity index (χ2v) is 3.92. The first-order chi connectivity index (χ1) is 5.02. The van der Waals surface area contributed by atoms with Crippen molar-refractivity contribution in [3.05, 3.63) is 0 Å². The predicted octanol–water partition coefficient (Wildman–Crippen LogP) is 2.26. The van der Waals surface area contributed by atoms with E-state index in [4.69, 9.17) is 16.7 Å². The summed E-state index contributed by atoms with van der Waals surface area (Å²) in [6.07, 6.45) is 2.35. The number of alkyl halides is 1. The molecule has 11 heavy (non-hydrogen) atoms. The number of carboxylic acids is 1. The molecule has 2 nitrogen and oxygen atoms in total. The van der Waals surface area contributed by atoms with Crippen molar-refractivity contribution < 1.29 is 9.90 Å². The molecular formula is C8H13ClO2. The van der Waals surface area contributed by atoms with E-state index in [9.17, 15) is 4.79 Å². The van der Waals surface area contributed by atoms with Gasteiger partial charge in [-0.2, -0.15) is 0 Å². The maximum absolute atomic E-state index is 10.7. The van der Waals surface area contributed by atoms with Crippen molar-refractivity contribution in [2.45, 2.75) is 38.0 Å². The molecule has 1 saturated carbocycles. The van der Waals surface area contributed by atoms with Gasteiger partial charge in [0.2, 0.25) is 0 Å². The maximum atomic E-state index is 10.7. The summed E-state index contributed by atoms with van der Waals surface area (Å²) in [6, 6.07) is 0. The minimum atomic E-state index is -0.948. The van der Waals surface area contributed by atoms with Crippen molar-refractivity contribution in [2.75, 3.05) is 0 Å². The molecule has 0 heterocycles. The van der Waals surface area contributed by atoms with E-state index in [-0.39, 0.29) is 5.41 Å². The lowest BCUT2D eigenvalue weighted by Gasteiger charge is -2.13. The number of hydrogen-bond acceptors (Lipinski definition) is 1. The minimum absolute atomic E-state index is 0.125. The smallest absolute Gasteiger partial charge is 0.325 e. The van der Waals surface area contributed by atoms with Gasteiger partial charge in [0.1, 0.15) is 4.87 Å². The number of aliphatic carboxylic acids is 1. The molecule has 1 aliphatic carbocycles. The molecule has 0 saturated heterocycles. The highest BCUT2D eigenvalue weighted by Gasteiger charge is 2.69. The molecule has 1 aliphatic rings. The number of halogens is 1. The Labute approximate surface area is 71.5 Å². The predicted molar refractivity (Wildman–Crippen MR) is 43.9 cm³/mol. The summed E-state index contributed by atoms with van der Waals surface area (Å²) in [5.74, 6) is -0.858. The molecule has 1 atom stereocenters. The average molecular weight is 177 g/mol. The normalized spacial score (nSPS) is 33.4. The highest BCUT2D eigenvalue weighted by molar-refractivity contribution is 6.37. The lowest BCUT2D eigenvalue weighted by Crippen LogP contribution is -2.23. The molecule has 1 rings (SSSR count). The second kappa shape index (κ2) is 2.37. The number of carbonyl (C=O) groups is 1. The highest BCUT2D eigenvalue weighted by atomic mass is 35.5. The van der Waals surface area contributed by atoms with E-state index in [1.165, 1.54) is 0 Å².